The molecule has 0 unspecified atom stereocenters. The Morgan fingerprint density at radius 1 is 1.35 bits per heavy atom. The second-order valence-corrected chi connectivity index (χ2v) is 9.12. The number of nitrogens with one attached hydrogen (secondary N) is 1. The fraction of sp³-hybridized carbons (Fsp3) is 0.588. The largest absolute Gasteiger partial charge is 0.379 e. The smallest absolute Gasteiger partial charge is 0.240 e. The van der Waals surface area contributed by atoms with Crippen LogP contribution in [0.2, 0.25) is 0 Å². The number of aryl methyl sites for hydroxylation is 1. The van der Waals surface area contributed by atoms with Gasteiger partial charge in [0.2, 0.25) is 15.9 Å². The van der Waals surface area contributed by atoms with Crippen molar-refractivity contribution in [3.8, 4) is 0 Å². The lowest BCUT2D eigenvalue weighted by Gasteiger charge is -2.26. The maximum Gasteiger partial charge on any atom is 0.240 e. The number of rotatable bonds is 8. The predicted octanol–water partition coefficient (Wildman–Crippen LogP) is 1.36. The summed E-state index contributed by atoms with van der Waals surface area (Å²) >= 11 is 3.40. The SMILES string of the molecule is Cc1cc(N(CC(=O)NCCCN2CCOCC2)S(C)(=O)=O)ccc1Br. The zero-order valence-electron chi connectivity index (χ0n) is 15.2. The third-order valence-corrected chi connectivity index (χ3v) is 6.22. The molecule has 7 nitrogen and oxygen atoms in total. The summed E-state index contributed by atoms with van der Waals surface area (Å²) in [5, 5.41) is 2.81. The number of morpholine rings is 1. The first-order valence-corrected chi connectivity index (χ1v) is 11.2. The molecule has 0 atom stereocenters. The van der Waals surface area contributed by atoms with Crippen LogP contribution in [0, 0.1) is 6.92 Å². The zero-order valence-corrected chi connectivity index (χ0v) is 17.6. The highest BCUT2D eigenvalue weighted by atomic mass is 79.9. The molecule has 1 aromatic carbocycles. The van der Waals surface area contributed by atoms with Gasteiger partial charge in [-0.3, -0.25) is 14.0 Å². The van der Waals surface area contributed by atoms with E-state index in [0.717, 1.165) is 59.9 Å². The Morgan fingerprint density at radius 3 is 2.65 bits per heavy atom. The normalized spacial score (nSPS) is 15.7. The molecule has 26 heavy (non-hydrogen) atoms. The third-order valence-electron chi connectivity index (χ3n) is 4.19. The van der Waals surface area contributed by atoms with E-state index in [-0.39, 0.29) is 12.5 Å². The molecule has 1 aromatic rings. The molecule has 0 bridgehead atoms. The summed E-state index contributed by atoms with van der Waals surface area (Å²) in [6.45, 7) is 6.40. The highest BCUT2D eigenvalue weighted by molar-refractivity contribution is 9.10. The summed E-state index contributed by atoms with van der Waals surface area (Å²) in [5.41, 5.74) is 1.39. The third kappa shape index (κ3) is 6.53. The Bertz CT molecular complexity index is 721. The second-order valence-electron chi connectivity index (χ2n) is 6.36. The van der Waals surface area contributed by atoms with Crippen molar-refractivity contribution in [2.45, 2.75) is 13.3 Å². The summed E-state index contributed by atoms with van der Waals surface area (Å²) in [5.74, 6) is -0.307. The van der Waals surface area contributed by atoms with E-state index in [4.69, 9.17) is 4.74 Å². The Balaban J connectivity index is 1.87. The van der Waals surface area contributed by atoms with Crippen molar-refractivity contribution in [3.63, 3.8) is 0 Å². The van der Waals surface area contributed by atoms with Gasteiger partial charge in [0, 0.05) is 24.1 Å². The quantitative estimate of drug-likeness (QED) is 0.608. The summed E-state index contributed by atoms with van der Waals surface area (Å²) in [4.78, 5) is 14.5. The molecule has 1 aliphatic heterocycles. The number of halogens is 1. The van der Waals surface area contributed by atoms with Gasteiger partial charge in [-0.05, 0) is 43.7 Å². The molecule has 1 aliphatic rings. The van der Waals surface area contributed by atoms with Crippen molar-refractivity contribution in [1.29, 1.82) is 0 Å². The number of hydrogen-bond acceptors (Lipinski definition) is 5. The zero-order chi connectivity index (χ0) is 19.2. The number of nitrogens with zero attached hydrogens (tertiary/aromatic N) is 2. The van der Waals surface area contributed by atoms with Crippen LogP contribution >= 0.6 is 15.9 Å². The molecule has 0 aliphatic carbocycles. The van der Waals surface area contributed by atoms with E-state index in [0.29, 0.717) is 12.2 Å². The molecular weight excluding hydrogens is 422 g/mol. The first kappa shape index (κ1) is 21.1. The van der Waals surface area contributed by atoms with Crippen LogP contribution in [-0.2, 0) is 19.6 Å². The number of benzene rings is 1. The average Bonchev–Trinajstić information content (AvgIpc) is 2.59. The maximum absolute atomic E-state index is 12.2. The van der Waals surface area contributed by atoms with E-state index >= 15 is 0 Å². The van der Waals surface area contributed by atoms with Gasteiger partial charge >= 0.3 is 0 Å². The number of anilines is 1. The van der Waals surface area contributed by atoms with Crippen LogP contribution in [0.4, 0.5) is 5.69 Å². The number of ether oxygens (including phenoxy) is 1. The Kier molecular flexibility index (Phi) is 7.87. The monoisotopic (exact) mass is 447 g/mol. The molecule has 146 valence electrons. The number of amides is 1. The van der Waals surface area contributed by atoms with Crippen molar-refractivity contribution in [2.75, 3.05) is 56.5 Å². The van der Waals surface area contributed by atoms with Gasteiger partial charge < -0.3 is 10.1 Å². The molecule has 1 fully saturated rings. The minimum atomic E-state index is -3.56. The summed E-state index contributed by atoms with van der Waals surface area (Å²) in [7, 11) is -3.56. The van der Waals surface area contributed by atoms with E-state index < -0.39 is 10.0 Å². The Hall–Kier alpha value is -1.16. The van der Waals surface area contributed by atoms with Crippen LogP contribution in [0.3, 0.4) is 0 Å². The van der Waals surface area contributed by atoms with Gasteiger partial charge in [-0.2, -0.15) is 0 Å². The fourth-order valence-electron chi connectivity index (χ4n) is 2.73. The molecule has 1 N–H and O–H groups in total. The van der Waals surface area contributed by atoms with Gasteiger partial charge in [0.25, 0.3) is 0 Å². The number of sulfonamides is 1. The lowest BCUT2D eigenvalue weighted by Crippen LogP contribution is -2.42. The van der Waals surface area contributed by atoms with E-state index in [1.807, 2.05) is 6.92 Å². The average molecular weight is 448 g/mol. The van der Waals surface area contributed by atoms with E-state index in [1.165, 1.54) is 0 Å². The predicted molar refractivity (Wildman–Crippen MR) is 106 cm³/mol. The molecule has 9 heteroatoms. The molecule has 0 spiro atoms. The minimum Gasteiger partial charge on any atom is -0.379 e. The van der Waals surface area contributed by atoms with E-state index in [9.17, 15) is 13.2 Å². The van der Waals surface area contributed by atoms with Crippen LogP contribution in [-0.4, -0.2) is 71.4 Å². The van der Waals surface area contributed by atoms with Gasteiger partial charge in [0.05, 0.1) is 25.2 Å². The first-order chi connectivity index (χ1) is 12.3. The van der Waals surface area contributed by atoms with Gasteiger partial charge in [-0.25, -0.2) is 8.42 Å². The molecule has 1 amide bonds. The lowest BCUT2D eigenvalue weighted by molar-refractivity contribution is -0.119. The minimum absolute atomic E-state index is 0.225. The Morgan fingerprint density at radius 2 is 2.04 bits per heavy atom. The van der Waals surface area contributed by atoms with Gasteiger partial charge in [-0.15, -0.1) is 0 Å². The van der Waals surface area contributed by atoms with Crippen LogP contribution in [0.15, 0.2) is 22.7 Å². The molecule has 1 saturated heterocycles. The van der Waals surface area contributed by atoms with Gasteiger partial charge in [-0.1, -0.05) is 15.9 Å². The standard InChI is InChI=1S/C17H26BrN3O4S/c1-14-12-15(4-5-16(14)18)21(26(2,23)24)13-17(22)19-6-3-7-20-8-10-25-11-9-20/h4-5,12H,3,6-11,13H2,1-2H3,(H,19,22). The van der Waals surface area contributed by atoms with Crippen molar-refractivity contribution in [3.05, 3.63) is 28.2 Å². The van der Waals surface area contributed by atoms with E-state index in [2.05, 4.69) is 26.1 Å². The van der Waals surface area contributed by atoms with Crippen LogP contribution in [0.1, 0.15) is 12.0 Å². The summed E-state index contributed by atoms with van der Waals surface area (Å²) in [6.07, 6.45) is 1.93. The van der Waals surface area contributed by atoms with E-state index in [1.54, 1.807) is 18.2 Å². The number of hydrogen-bond donors (Lipinski definition) is 1. The van der Waals surface area contributed by atoms with Gasteiger partial charge in [0.15, 0.2) is 0 Å². The molecular formula is C17H26BrN3O4S. The Labute approximate surface area is 163 Å². The number of carbonyl (C=O) groups excluding carboxylic acids is 1. The summed E-state index contributed by atoms with van der Waals surface area (Å²) in [6, 6.07) is 5.21. The molecule has 0 aromatic heterocycles. The first-order valence-electron chi connectivity index (χ1n) is 8.58. The fourth-order valence-corrected chi connectivity index (χ4v) is 3.82. The van der Waals surface area contributed by atoms with Crippen molar-refractivity contribution < 1.29 is 17.9 Å². The molecule has 2 rings (SSSR count). The highest BCUT2D eigenvalue weighted by Gasteiger charge is 2.21. The topological polar surface area (TPSA) is 79.0 Å². The van der Waals surface area contributed by atoms with Crippen LogP contribution in [0.5, 0.6) is 0 Å². The van der Waals surface area contributed by atoms with Crippen molar-refractivity contribution in [1.82, 2.24) is 10.2 Å². The van der Waals surface area contributed by atoms with Crippen molar-refractivity contribution >= 4 is 37.5 Å². The summed E-state index contributed by atoms with van der Waals surface area (Å²) < 4.78 is 31.6. The maximum atomic E-state index is 12.2. The van der Waals surface area contributed by atoms with Gasteiger partial charge in [0.1, 0.15) is 6.54 Å². The number of carbonyl (C=O) groups is 1. The van der Waals surface area contributed by atoms with Crippen molar-refractivity contribution in [2.24, 2.45) is 0 Å². The molecule has 0 radical (unpaired) electrons. The molecule has 1 heterocycles. The van der Waals surface area contributed by atoms with Crippen LogP contribution in [0.25, 0.3) is 0 Å². The van der Waals surface area contributed by atoms with Crippen LogP contribution < -0.4 is 9.62 Å². The second kappa shape index (κ2) is 9.68. The lowest BCUT2D eigenvalue weighted by atomic mass is 10.2. The molecule has 0 saturated carbocycles. The highest BCUT2D eigenvalue weighted by Crippen LogP contribution is 2.24.